The zero-order valence-corrected chi connectivity index (χ0v) is 9.92. The SMILES string of the molecule is CCNS(=O)(=O)c1ccc(NC2CC2)nc1. The fraction of sp³-hybridized carbons (Fsp3) is 0.500. The van der Waals surface area contributed by atoms with E-state index in [0.29, 0.717) is 12.6 Å². The summed E-state index contributed by atoms with van der Waals surface area (Å²) in [6, 6.07) is 3.78. The summed E-state index contributed by atoms with van der Waals surface area (Å²) in [6.07, 6.45) is 3.71. The zero-order valence-electron chi connectivity index (χ0n) is 9.10. The first-order chi connectivity index (χ1) is 7.62. The Labute approximate surface area is 95.3 Å². The number of aromatic nitrogens is 1. The minimum Gasteiger partial charge on any atom is -0.367 e. The van der Waals surface area contributed by atoms with Gasteiger partial charge in [-0.25, -0.2) is 18.1 Å². The third kappa shape index (κ3) is 2.70. The van der Waals surface area contributed by atoms with E-state index in [0.717, 1.165) is 5.82 Å². The fourth-order valence-corrected chi connectivity index (χ4v) is 2.32. The van der Waals surface area contributed by atoms with Crippen molar-refractivity contribution in [2.45, 2.75) is 30.7 Å². The summed E-state index contributed by atoms with van der Waals surface area (Å²) in [4.78, 5) is 4.28. The van der Waals surface area contributed by atoms with Crippen molar-refractivity contribution < 1.29 is 8.42 Å². The van der Waals surface area contributed by atoms with Gasteiger partial charge in [-0.2, -0.15) is 0 Å². The lowest BCUT2D eigenvalue weighted by molar-refractivity contribution is 0.583. The summed E-state index contributed by atoms with van der Waals surface area (Å²) in [5.74, 6) is 0.734. The predicted octanol–water partition coefficient (Wildman–Crippen LogP) is 0.954. The van der Waals surface area contributed by atoms with Crippen LogP contribution in [0.5, 0.6) is 0 Å². The van der Waals surface area contributed by atoms with Crippen LogP contribution in [0.2, 0.25) is 0 Å². The molecule has 16 heavy (non-hydrogen) atoms. The maximum Gasteiger partial charge on any atom is 0.242 e. The molecule has 0 aliphatic heterocycles. The number of nitrogens with zero attached hydrogens (tertiary/aromatic N) is 1. The summed E-state index contributed by atoms with van der Waals surface area (Å²) in [5.41, 5.74) is 0. The Morgan fingerprint density at radius 2 is 2.19 bits per heavy atom. The van der Waals surface area contributed by atoms with Crippen molar-refractivity contribution in [2.75, 3.05) is 11.9 Å². The van der Waals surface area contributed by atoms with Crippen molar-refractivity contribution in [3.63, 3.8) is 0 Å². The molecule has 6 heteroatoms. The Morgan fingerprint density at radius 3 is 2.69 bits per heavy atom. The Morgan fingerprint density at radius 1 is 1.44 bits per heavy atom. The molecule has 1 aliphatic carbocycles. The lowest BCUT2D eigenvalue weighted by atomic mass is 10.4. The van der Waals surface area contributed by atoms with E-state index in [9.17, 15) is 8.42 Å². The zero-order chi connectivity index (χ0) is 11.6. The Bertz CT molecular complexity index is 451. The van der Waals surface area contributed by atoms with Gasteiger partial charge in [0.2, 0.25) is 10.0 Å². The van der Waals surface area contributed by atoms with Crippen LogP contribution in [0.4, 0.5) is 5.82 Å². The lowest BCUT2D eigenvalue weighted by Gasteiger charge is -2.06. The van der Waals surface area contributed by atoms with Gasteiger partial charge < -0.3 is 5.32 Å². The molecule has 0 atom stereocenters. The quantitative estimate of drug-likeness (QED) is 0.805. The molecule has 1 fully saturated rings. The van der Waals surface area contributed by atoms with Crippen LogP contribution in [0.3, 0.4) is 0 Å². The molecule has 1 saturated carbocycles. The Hall–Kier alpha value is -1.14. The number of sulfonamides is 1. The second kappa shape index (κ2) is 4.39. The Balaban J connectivity index is 2.11. The van der Waals surface area contributed by atoms with Crippen molar-refractivity contribution in [3.05, 3.63) is 18.3 Å². The third-order valence-electron chi connectivity index (χ3n) is 2.31. The molecule has 1 aliphatic rings. The fourth-order valence-electron chi connectivity index (χ4n) is 1.33. The van der Waals surface area contributed by atoms with Crippen LogP contribution in [0.15, 0.2) is 23.2 Å². The largest absolute Gasteiger partial charge is 0.367 e. The molecule has 0 aromatic carbocycles. The van der Waals surface area contributed by atoms with Gasteiger partial charge in [0, 0.05) is 18.8 Å². The molecule has 5 nitrogen and oxygen atoms in total. The molecule has 0 amide bonds. The molecule has 1 aromatic heterocycles. The summed E-state index contributed by atoms with van der Waals surface area (Å²) in [7, 11) is -3.38. The summed E-state index contributed by atoms with van der Waals surface area (Å²) in [6.45, 7) is 2.12. The number of hydrogen-bond acceptors (Lipinski definition) is 4. The molecule has 0 unspecified atom stereocenters. The first-order valence-electron chi connectivity index (χ1n) is 5.34. The van der Waals surface area contributed by atoms with Crippen LogP contribution < -0.4 is 10.0 Å². The van der Waals surface area contributed by atoms with Crippen LogP contribution in [-0.4, -0.2) is 26.0 Å². The lowest BCUT2D eigenvalue weighted by Crippen LogP contribution is -2.23. The highest BCUT2D eigenvalue weighted by atomic mass is 32.2. The van der Waals surface area contributed by atoms with E-state index in [1.54, 1.807) is 19.1 Å². The smallest absolute Gasteiger partial charge is 0.242 e. The first kappa shape index (κ1) is 11.3. The van der Waals surface area contributed by atoms with Gasteiger partial charge in [-0.05, 0) is 25.0 Å². The first-order valence-corrected chi connectivity index (χ1v) is 6.82. The monoisotopic (exact) mass is 241 g/mol. The van der Waals surface area contributed by atoms with Crippen LogP contribution in [-0.2, 0) is 10.0 Å². The van der Waals surface area contributed by atoms with E-state index in [4.69, 9.17) is 0 Å². The molecule has 1 heterocycles. The second-order valence-corrected chi connectivity index (χ2v) is 5.57. The van der Waals surface area contributed by atoms with Gasteiger partial charge in [0.1, 0.15) is 10.7 Å². The molecule has 1 aromatic rings. The molecule has 88 valence electrons. The number of hydrogen-bond donors (Lipinski definition) is 2. The van der Waals surface area contributed by atoms with Crippen molar-refractivity contribution in [1.82, 2.24) is 9.71 Å². The van der Waals surface area contributed by atoms with Crippen LogP contribution in [0, 0.1) is 0 Å². The average molecular weight is 241 g/mol. The average Bonchev–Trinajstić information content (AvgIpc) is 3.02. The van der Waals surface area contributed by atoms with E-state index in [1.807, 2.05) is 0 Å². The summed E-state index contributed by atoms with van der Waals surface area (Å²) < 4.78 is 25.6. The van der Waals surface area contributed by atoms with Gasteiger partial charge in [-0.15, -0.1) is 0 Å². The maximum absolute atomic E-state index is 11.6. The summed E-state index contributed by atoms with van der Waals surface area (Å²) in [5, 5.41) is 3.20. The van der Waals surface area contributed by atoms with Crippen molar-refractivity contribution in [2.24, 2.45) is 0 Å². The van der Waals surface area contributed by atoms with E-state index in [-0.39, 0.29) is 4.90 Å². The summed E-state index contributed by atoms with van der Waals surface area (Å²) >= 11 is 0. The van der Waals surface area contributed by atoms with Crippen molar-refractivity contribution >= 4 is 15.8 Å². The number of rotatable bonds is 5. The third-order valence-corrected chi connectivity index (χ3v) is 3.84. The van der Waals surface area contributed by atoms with Crippen LogP contribution in [0.25, 0.3) is 0 Å². The molecular formula is C10H15N3O2S. The molecule has 0 spiro atoms. The van der Waals surface area contributed by atoms with Gasteiger partial charge >= 0.3 is 0 Å². The van der Waals surface area contributed by atoms with Gasteiger partial charge in [0.05, 0.1) is 0 Å². The molecule has 0 radical (unpaired) electrons. The normalized spacial score (nSPS) is 16.1. The van der Waals surface area contributed by atoms with E-state index >= 15 is 0 Å². The standard InChI is InChI=1S/C10H15N3O2S/c1-2-12-16(14,15)9-5-6-10(11-7-9)13-8-3-4-8/h5-8,12H,2-4H2,1H3,(H,11,13). The van der Waals surface area contributed by atoms with E-state index in [2.05, 4.69) is 15.0 Å². The minimum atomic E-state index is -3.38. The number of anilines is 1. The topological polar surface area (TPSA) is 71.1 Å². The van der Waals surface area contributed by atoms with Crippen LogP contribution >= 0.6 is 0 Å². The van der Waals surface area contributed by atoms with Gasteiger partial charge in [0.25, 0.3) is 0 Å². The maximum atomic E-state index is 11.6. The Kier molecular flexibility index (Phi) is 3.11. The van der Waals surface area contributed by atoms with Crippen molar-refractivity contribution in [3.8, 4) is 0 Å². The van der Waals surface area contributed by atoms with Gasteiger partial charge in [0.15, 0.2) is 0 Å². The highest BCUT2D eigenvalue weighted by Gasteiger charge is 2.21. The van der Waals surface area contributed by atoms with Crippen molar-refractivity contribution in [1.29, 1.82) is 0 Å². The molecule has 2 rings (SSSR count). The highest BCUT2D eigenvalue weighted by molar-refractivity contribution is 7.89. The second-order valence-electron chi connectivity index (χ2n) is 3.80. The molecule has 0 bridgehead atoms. The number of nitrogens with one attached hydrogen (secondary N) is 2. The predicted molar refractivity (Wildman–Crippen MR) is 61.7 cm³/mol. The molecular weight excluding hydrogens is 226 g/mol. The van der Waals surface area contributed by atoms with Gasteiger partial charge in [-0.1, -0.05) is 6.92 Å². The van der Waals surface area contributed by atoms with Gasteiger partial charge in [-0.3, -0.25) is 0 Å². The molecule has 0 saturated heterocycles. The van der Waals surface area contributed by atoms with Crippen LogP contribution in [0.1, 0.15) is 19.8 Å². The molecule has 2 N–H and O–H groups in total. The highest BCUT2D eigenvalue weighted by Crippen LogP contribution is 2.23. The van der Waals surface area contributed by atoms with E-state index < -0.39 is 10.0 Å². The number of pyridine rings is 1. The van der Waals surface area contributed by atoms with E-state index in [1.165, 1.54) is 19.0 Å². The minimum absolute atomic E-state index is 0.204.